The van der Waals surface area contributed by atoms with Crippen LogP contribution in [0.5, 0.6) is 0 Å². The molecule has 0 atom stereocenters. The molecule has 1 fully saturated rings. The molecule has 0 radical (unpaired) electrons. The van der Waals surface area contributed by atoms with Gasteiger partial charge in [0.05, 0.1) is 17.2 Å². The first-order valence-corrected chi connectivity index (χ1v) is 11.0. The SMILES string of the molecule is Cc1c(Cl)c(S(N)(=O)=O)cc(C(=O)NCCO)c1SC1CCCCC1. The van der Waals surface area contributed by atoms with E-state index < -0.39 is 15.9 Å². The van der Waals surface area contributed by atoms with E-state index in [-0.39, 0.29) is 28.6 Å². The number of nitrogens with one attached hydrogen (secondary N) is 1. The molecule has 0 aromatic heterocycles. The first-order valence-electron chi connectivity index (χ1n) is 8.17. The predicted octanol–water partition coefficient (Wildman–Crippen LogP) is 2.44. The molecule has 1 aromatic carbocycles. The van der Waals surface area contributed by atoms with Gasteiger partial charge in [-0.2, -0.15) is 0 Å². The minimum Gasteiger partial charge on any atom is -0.395 e. The molecule has 1 aliphatic carbocycles. The third-order valence-electron chi connectivity index (χ3n) is 4.19. The summed E-state index contributed by atoms with van der Waals surface area (Å²) >= 11 is 7.81. The molecule has 6 nitrogen and oxygen atoms in total. The number of aliphatic hydroxyl groups excluding tert-OH is 1. The molecule has 0 spiro atoms. The molecule has 9 heteroatoms. The van der Waals surface area contributed by atoms with Crippen molar-refractivity contribution in [3.8, 4) is 0 Å². The lowest BCUT2D eigenvalue weighted by Gasteiger charge is -2.24. The molecule has 0 bridgehead atoms. The maximum Gasteiger partial charge on any atom is 0.252 e. The zero-order valence-electron chi connectivity index (χ0n) is 14.0. The van der Waals surface area contributed by atoms with Crippen molar-refractivity contribution in [1.82, 2.24) is 5.32 Å². The molecular formula is C16H23ClN2O4S2. The number of benzene rings is 1. The number of amides is 1. The van der Waals surface area contributed by atoms with Crippen LogP contribution < -0.4 is 10.5 Å². The fourth-order valence-electron chi connectivity index (χ4n) is 2.89. The van der Waals surface area contributed by atoms with Gasteiger partial charge in [0.25, 0.3) is 5.91 Å². The third-order valence-corrected chi connectivity index (χ3v) is 7.29. The van der Waals surface area contributed by atoms with Crippen molar-refractivity contribution < 1.29 is 18.3 Å². The molecule has 0 heterocycles. The molecule has 1 amide bonds. The van der Waals surface area contributed by atoms with Crippen LogP contribution in [0.3, 0.4) is 0 Å². The summed E-state index contributed by atoms with van der Waals surface area (Å²) in [5.41, 5.74) is 0.771. The van der Waals surface area contributed by atoms with E-state index in [9.17, 15) is 13.2 Å². The zero-order chi connectivity index (χ0) is 18.6. The molecule has 140 valence electrons. The van der Waals surface area contributed by atoms with Gasteiger partial charge in [-0.3, -0.25) is 4.79 Å². The van der Waals surface area contributed by atoms with E-state index in [4.69, 9.17) is 21.8 Å². The van der Waals surface area contributed by atoms with Crippen molar-refractivity contribution in [3.05, 3.63) is 22.2 Å². The maximum absolute atomic E-state index is 12.5. The minimum absolute atomic E-state index is 0.0551. The van der Waals surface area contributed by atoms with Crippen LogP contribution in [0.2, 0.25) is 5.02 Å². The van der Waals surface area contributed by atoms with E-state index >= 15 is 0 Å². The number of carbonyl (C=O) groups is 1. The summed E-state index contributed by atoms with van der Waals surface area (Å²) in [6, 6.07) is 1.24. The molecular weight excluding hydrogens is 384 g/mol. The van der Waals surface area contributed by atoms with Gasteiger partial charge in [-0.05, 0) is 31.4 Å². The quantitative estimate of drug-likeness (QED) is 0.672. The topological polar surface area (TPSA) is 109 Å². The average molecular weight is 407 g/mol. The largest absolute Gasteiger partial charge is 0.395 e. The summed E-state index contributed by atoms with van der Waals surface area (Å²) in [6.45, 7) is 1.58. The summed E-state index contributed by atoms with van der Waals surface area (Å²) in [4.78, 5) is 12.9. The van der Waals surface area contributed by atoms with Crippen molar-refractivity contribution in [1.29, 1.82) is 0 Å². The van der Waals surface area contributed by atoms with Gasteiger partial charge in [0.15, 0.2) is 0 Å². The number of hydrogen-bond donors (Lipinski definition) is 3. The smallest absolute Gasteiger partial charge is 0.252 e. The number of rotatable bonds is 6. The number of sulfonamides is 1. The summed E-state index contributed by atoms with van der Waals surface area (Å²) in [5.74, 6) is -0.447. The van der Waals surface area contributed by atoms with Crippen molar-refractivity contribution in [2.45, 2.75) is 54.1 Å². The van der Waals surface area contributed by atoms with Gasteiger partial charge in [0.1, 0.15) is 4.90 Å². The summed E-state index contributed by atoms with van der Waals surface area (Å²) in [7, 11) is -4.05. The average Bonchev–Trinajstić information content (AvgIpc) is 2.57. The fraction of sp³-hybridized carbons (Fsp3) is 0.562. The van der Waals surface area contributed by atoms with Gasteiger partial charge in [-0.25, -0.2) is 13.6 Å². The minimum atomic E-state index is -4.05. The Kier molecular flexibility index (Phi) is 7.16. The summed E-state index contributed by atoms with van der Waals surface area (Å²) in [5, 5.41) is 17.2. The fourth-order valence-corrected chi connectivity index (χ4v) is 5.56. The predicted molar refractivity (Wildman–Crippen MR) is 99.7 cm³/mol. The van der Waals surface area contributed by atoms with Gasteiger partial charge in [-0.15, -0.1) is 11.8 Å². The molecule has 1 aliphatic rings. The molecule has 0 aliphatic heterocycles. The highest BCUT2D eigenvalue weighted by Crippen LogP contribution is 2.41. The monoisotopic (exact) mass is 406 g/mol. The second-order valence-corrected chi connectivity index (χ2v) is 9.31. The van der Waals surface area contributed by atoms with Gasteiger partial charge in [0.2, 0.25) is 10.0 Å². The Morgan fingerprint density at radius 3 is 2.60 bits per heavy atom. The number of aliphatic hydroxyl groups is 1. The van der Waals surface area contributed by atoms with E-state index in [0.717, 1.165) is 25.7 Å². The van der Waals surface area contributed by atoms with Crippen LogP contribution >= 0.6 is 23.4 Å². The van der Waals surface area contributed by atoms with Gasteiger partial charge < -0.3 is 10.4 Å². The van der Waals surface area contributed by atoms with Crippen LogP contribution in [-0.2, 0) is 10.0 Å². The number of thioether (sulfide) groups is 1. The van der Waals surface area contributed by atoms with Crippen LogP contribution in [0.1, 0.15) is 48.0 Å². The highest BCUT2D eigenvalue weighted by molar-refractivity contribution is 8.00. The highest BCUT2D eigenvalue weighted by Gasteiger charge is 2.26. The first kappa shape index (κ1) is 20.5. The van der Waals surface area contributed by atoms with Crippen LogP contribution in [0.15, 0.2) is 15.9 Å². The van der Waals surface area contributed by atoms with Crippen LogP contribution in [0, 0.1) is 6.92 Å². The Bertz CT molecular complexity index is 747. The van der Waals surface area contributed by atoms with Crippen molar-refractivity contribution in [2.75, 3.05) is 13.2 Å². The van der Waals surface area contributed by atoms with Crippen LogP contribution in [-0.4, -0.2) is 37.8 Å². The third kappa shape index (κ3) is 5.10. The van der Waals surface area contributed by atoms with Gasteiger partial charge in [-0.1, -0.05) is 30.9 Å². The van der Waals surface area contributed by atoms with E-state index in [2.05, 4.69) is 5.32 Å². The number of hydrogen-bond acceptors (Lipinski definition) is 5. The molecule has 0 unspecified atom stereocenters. The van der Waals surface area contributed by atoms with Crippen LogP contribution in [0.25, 0.3) is 0 Å². The maximum atomic E-state index is 12.5. The Balaban J connectivity index is 2.50. The molecule has 2 rings (SSSR count). The number of primary sulfonamides is 1. The number of carbonyl (C=O) groups excluding carboxylic acids is 1. The van der Waals surface area contributed by atoms with Gasteiger partial charge >= 0.3 is 0 Å². The number of halogens is 1. The lowest BCUT2D eigenvalue weighted by atomic mass is 10.0. The standard InChI is InChI=1S/C16H23ClN2O4S2/c1-10-14(17)13(25(18,22)23)9-12(16(21)19-7-8-20)15(10)24-11-5-3-2-4-6-11/h9,11,20H,2-8H2,1H3,(H,19,21)(H2,18,22,23). The lowest BCUT2D eigenvalue weighted by molar-refractivity contribution is 0.0941. The Labute approximate surface area is 157 Å². The summed E-state index contributed by atoms with van der Waals surface area (Å²) in [6.07, 6.45) is 5.61. The molecule has 1 saturated carbocycles. The second-order valence-electron chi connectivity index (χ2n) is 6.09. The Hall–Kier alpha value is -0.800. The van der Waals surface area contributed by atoms with E-state index in [1.54, 1.807) is 18.7 Å². The van der Waals surface area contributed by atoms with Crippen molar-refractivity contribution in [2.24, 2.45) is 5.14 Å². The zero-order valence-corrected chi connectivity index (χ0v) is 16.4. The molecule has 1 aromatic rings. The highest BCUT2D eigenvalue weighted by atomic mass is 35.5. The summed E-state index contributed by atoms with van der Waals surface area (Å²) < 4.78 is 23.6. The Morgan fingerprint density at radius 1 is 1.40 bits per heavy atom. The first-order chi connectivity index (χ1) is 11.8. The van der Waals surface area contributed by atoms with E-state index in [1.807, 2.05) is 0 Å². The van der Waals surface area contributed by atoms with E-state index in [1.165, 1.54) is 12.5 Å². The molecule has 4 N–H and O–H groups in total. The molecule has 0 saturated heterocycles. The Morgan fingerprint density at radius 2 is 2.04 bits per heavy atom. The van der Waals surface area contributed by atoms with Crippen molar-refractivity contribution in [3.63, 3.8) is 0 Å². The van der Waals surface area contributed by atoms with Crippen molar-refractivity contribution >= 4 is 39.3 Å². The van der Waals surface area contributed by atoms with Gasteiger partial charge in [0, 0.05) is 16.7 Å². The second kappa shape index (κ2) is 8.73. The van der Waals surface area contributed by atoms with E-state index in [0.29, 0.717) is 15.7 Å². The normalized spacial score (nSPS) is 16.0. The lowest BCUT2D eigenvalue weighted by Crippen LogP contribution is -2.28. The molecule has 25 heavy (non-hydrogen) atoms. The van der Waals surface area contributed by atoms with Crippen LogP contribution in [0.4, 0.5) is 0 Å². The number of nitrogens with two attached hydrogens (primary N) is 1.